The molecule has 0 aliphatic heterocycles. The number of ether oxygens (including phenoxy) is 2. The predicted octanol–water partition coefficient (Wildman–Crippen LogP) is 3.76. The molecular weight excluding hydrogens is 356 g/mol. The van der Waals surface area contributed by atoms with Crippen molar-refractivity contribution < 1.29 is 19.1 Å². The lowest BCUT2D eigenvalue weighted by molar-refractivity contribution is -0.117. The summed E-state index contributed by atoms with van der Waals surface area (Å²) in [6.07, 6.45) is 1.93. The third-order valence-electron chi connectivity index (χ3n) is 4.40. The normalized spacial score (nSPS) is 12.9. The fourth-order valence-corrected chi connectivity index (χ4v) is 2.83. The van der Waals surface area contributed by atoms with Gasteiger partial charge in [0.2, 0.25) is 5.91 Å². The van der Waals surface area contributed by atoms with Crippen molar-refractivity contribution >= 4 is 17.5 Å². The molecule has 0 unspecified atom stereocenters. The summed E-state index contributed by atoms with van der Waals surface area (Å²) in [5.41, 5.74) is 2.17. The summed E-state index contributed by atoms with van der Waals surface area (Å²) < 4.78 is 11.1. The van der Waals surface area contributed by atoms with E-state index in [1.807, 2.05) is 38.1 Å². The Morgan fingerprint density at radius 1 is 1.00 bits per heavy atom. The Morgan fingerprint density at radius 2 is 1.75 bits per heavy atom. The van der Waals surface area contributed by atoms with Gasteiger partial charge >= 0.3 is 0 Å². The van der Waals surface area contributed by atoms with E-state index < -0.39 is 0 Å². The van der Waals surface area contributed by atoms with Gasteiger partial charge in [-0.1, -0.05) is 12.1 Å². The van der Waals surface area contributed by atoms with Crippen molar-refractivity contribution in [3.8, 4) is 11.5 Å². The minimum absolute atomic E-state index is 0.0685. The molecule has 0 heterocycles. The van der Waals surface area contributed by atoms with E-state index in [2.05, 4.69) is 10.6 Å². The van der Waals surface area contributed by atoms with Crippen LogP contribution in [0.4, 0.5) is 5.69 Å². The minimum atomic E-state index is -0.198. The van der Waals surface area contributed by atoms with Crippen LogP contribution in [-0.2, 0) is 11.3 Å². The molecule has 2 aromatic carbocycles. The third kappa shape index (κ3) is 5.25. The topological polar surface area (TPSA) is 76.7 Å². The molecule has 28 heavy (non-hydrogen) atoms. The van der Waals surface area contributed by atoms with Gasteiger partial charge in [0.25, 0.3) is 5.91 Å². The number of anilines is 1. The van der Waals surface area contributed by atoms with Crippen molar-refractivity contribution in [2.24, 2.45) is 5.92 Å². The Kier molecular flexibility index (Phi) is 6.53. The molecule has 2 N–H and O–H groups in total. The van der Waals surface area contributed by atoms with Crippen molar-refractivity contribution in [1.29, 1.82) is 0 Å². The molecule has 1 aliphatic carbocycles. The lowest BCUT2D eigenvalue weighted by Gasteiger charge is -2.13. The molecule has 148 valence electrons. The van der Waals surface area contributed by atoms with Crippen LogP contribution in [0.3, 0.4) is 0 Å². The van der Waals surface area contributed by atoms with Crippen LogP contribution in [0, 0.1) is 5.92 Å². The second kappa shape index (κ2) is 9.26. The third-order valence-corrected chi connectivity index (χ3v) is 4.40. The molecule has 6 nitrogen and oxygen atoms in total. The lowest BCUT2D eigenvalue weighted by Crippen LogP contribution is -2.23. The van der Waals surface area contributed by atoms with Gasteiger partial charge in [-0.3, -0.25) is 9.59 Å². The Labute approximate surface area is 165 Å². The average Bonchev–Trinajstić information content (AvgIpc) is 3.53. The van der Waals surface area contributed by atoms with E-state index in [0.717, 1.165) is 24.1 Å². The van der Waals surface area contributed by atoms with Gasteiger partial charge in [-0.15, -0.1) is 0 Å². The van der Waals surface area contributed by atoms with E-state index in [0.29, 0.717) is 36.8 Å². The molecular formula is C22H26N2O4. The average molecular weight is 382 g/mol. The molecule has 0 saturated heterocycles. The van der Waals surface area contributed by atoms with Gasteiger partial charge in [-0.2, -0.15) is 0 Å². The van der Waals surface area contributed by atoms with Gasteiger partial charge < -0.3 is 20.1 Å². The van der Waals surface area contributed by atoms with Crippen LogP contribution in [0.1, 0.15) is 42.6 Å². The zero-order chi connectivity index (χ0) is 19.9. The Balaban J connectivity index is 1.61. The molecule has 3 rings (SSSR count). The SMILES string of the molecule is CCOc1ccc(C(=O)NCc2cccc(NC(=O)C3CC3)c2)cc1OCC. The van der Waals surface area contributed by atoms with Gasteiger partial charge in [0.05, 0.1) is 13.2 Å². The number of nitrogens with one attached hydrogen (secondary N) is 2. The van der Waals surface area contributed by atoms with Gasteiger partial charge in [-0.05, 0) is 62.6 Å². The zero-order valence-electron chi connectivity index (χ0n) is 16.3. The summed E-state index contributed by atoms with van der Waals surface area (Å²) in [5, 5.41) is 5.82. The first-order valence-electron chi connectivity index (χ1n) is 9.68. The Hall–Kier alpha value is -3.02. The number of rotatable bonds is 9. The zero-order valence-corrected chi connectivity index (χ0v) is 16.3. The van der Waals surface area contributed by atoms with E-state index in [-0.39, 0.29) is 17.7 Å². The predicted molar refractivity (Wildman–Crippen MR) is 108 cm³/mol. The molecule has 1 saturated carbocycles. The highest BCUT2D eigenvalue weighted by molar-refractivity contribution is 5.95. The first-order chi connectivity index (χ1) is 13.6. The summed E-state index contributed by atoms with van der Waals surface area (Å²) in [6, 6.07) is 12.7. The molecule has 0 spiro atoms. The summed E-state index contributed by atoms with van der Waals surface area (Å²) >= 11 is 0. The second-order valence-corrected chi connectivity index (χ2v) is 6.67. The molecule has 1 fully saturated rings. The summed E-state index contributed by atoms with van der Waals surface area (Å²) in [6.45, 7) is 5.17. The van der Waals surface area contributed by atoms with Crippen molar-refractivity contribution in [3.63, 3.8) is 0 Å². The highest BCUT2D eigenvalue weighted by Gasteiger charge is 2.29. The fraction of sp³-hybridized carbons (Fsp3) is 0.364. The maximum atomic E-state index is 12.5. The molecule has 0 bridgehead atoms. The van der Waals surface area contributed by atoms with Crippen LogP contribution in [-0.4, -0.2) is 25.0 Å². The van der Waals surface area contributed by atoms with E-state index in [4.69, 9.17) is 9.47 Å². The standard InChI is InChI=1S/C22H26N2O4/c1-3-27-19-11-10-17(13-20(19)28-4-2)21(25)23-14-15-6-5-7-18(12-15)24-22(26)16-8-9-16/h5-7,10-13,16H,3-4,8-9,14H2,1-2H3,(H,23,25)(H,24,26). The number of carbonyl (C=O) groups excluding carboxylic acids is 2. The molecule has 0 radical (unpaired) electrons. The Morgan fingerprint density at radius 3 is 2.46 bits per heavy atom. The molecule has 6 heteroatoms. The number of benzene rings is 2. The summed E-state index contributed by atoms with van der Waals surface area (Å²) in [4.78, 5) is 24.4. The van der Waals surface area contributed by atoms with E-state index in [9.17, 15) is 9.59 Å². The van der Waals surface area contributed by atoms with Crippen molar-refractivity contribution in [3.05, 3.63) is 53.6 Å². The van der Waals surface area contributed by atoms with Crippen LogP contribution in [0.25, 0.3) is 0 Å². The summed E-state index contributed by atoms with van der Waals surface area (Å²) in [7, 11) is 0. The van der Waals surface area contributed by atoms with Gasteiger partial charge in [0.15, 0.2) is 11.5 Å². The fourth-order valence-electron chi connectivity index (χ4n) is 2.83. The van der Waals surface area contributed by atoms with E-state index in [1.54, 1.807) is 18.2 Å². The molecule has 2 aromatic rings. The van der Waals surface area contributed by atoms with Crippen molar-refractivity contribution in [1.82, 2.24) is 5.32 Å². The highest BCUT2D eigenvalue weighted by atomic mass is 16.5. The smallest absolute Gasteiger partial charge is 0.251 e. The first-order valence-corrected chi connectivity index (χ1v) is 9.68. The number of carbonyl (C=O) groups is 2. The minimum Gasteiger partial charge on any atom is -0.490 e. The monoisotopic (exact) mass is 382 g/mol. The van der Waals surface area contributed by atoms with Crippen molar-refractivity contribution in [2.45, 2.75) is 33.2 Å². The van der Waals surface area contributed by atoms with Gasteiger partial charge in [-0.25, -0.2) is 0 Å². The summed E-state index contributed by atoms with van der Waals surface area (Å²) in [5.74, 6) is 1.21. The first kappa shape index (κ1) is 19.7. The van der Waals surface area contributed by atoms with Gasteiger partial charge in [0, 0.05) is 23.7 Å². The van der Waals surface area contributed by atoms with Crippen molar-refractivity contribution in [2.75, 3.05) is 18.5 Å². The van der Waals surface area contributed by atoms with Crippen LogP contribution in [0.15, 0.2) is 42.5 Å². The quantitative estimate of drug-likeness (QED) is 0.692. The molecule has 0 aromatic heterocycles. The molecule has 1 aliphatic rings. The molecule has 0 atom stereocenters. The van der Waals surface area contributed by atoms with Crippen LogP contribution >= 0.6 is 0 Å². The van der Waals surface area contributed by atoms with E-state index >= 15 is 0 Å². The van der Waals surface area contributed by atoms with Crippen LogP contribution in [0.5, 0.6) is 11.5 Å². The highest BCUT2D eigenvalue weighted by Crippen LogP contribution is 2.30. The van der Waals surface area contributed by atoms with E-state index in [1.165, 1.54) is 0 Å². The van der Waals surface area contributed by atoms with Crippen LogP contribution < -0.4 is 20.1 Å². The van der Waals surface area contributed by atoms with Crippen LogP contribution in [0.2, 0.25) is 0 Å². The van der Waals surface area contributed by atoms with Gasteiger partial charge in [0.1, 0.15) is 0 Å². The number of amides is 2. The number of hydrogen-bond donors (Lipinski definition) is 2. The maximum absolute atomic E-state index is 12.5. The largest absolute Gasteiger partial charge is 0.490 e. The maximum Gasteiger partial charge on any atom is 0.251 e. The lowest BCUT2D eigenvalue weighted by atomic mass is 10.1. The number of hydrogen-bond acceptors (Lipinski definition) is 4. The second-order valence-electron chi connectivity index (χ2n) is 6.67. The molecule has 2 amide bonds. The Bertz CT molecular complexity index is 846.